The predicted molar refractivity (Wildman–Crippen MR) is 59.4 cm³/mol. The van der Waals surface area contributed by atoms with Crippen molar-refractivity contribution in [2.75, 3.05) is 0 Å². The minimum Gasteiger partial charge on any atom is -0.481 e. The van der Waals surface area contributed by atoms with Gasteiger partial charge < -0.3 is 10.0 Å². The SMILES string of the molecule is O=C(O)C1CC2CCC1N2C(=O)Cn1ccnn1. The maximum atomic E-state index is 12.2. The van der Waals surface area contributed by atoms with Crippen LogP contribution in [0, 0.1) is 5.92 Å². The monoisotopic (exact) mass is 250 g/mol. The molecule has 3 atom stereocenters. The van der Waals surface area contributed by atoms with Crippen LogP contribution in [0.5, 0.6) is 0 Å². The average molecular weight is 250 g/mol. The highest BCUT2D eigenvalue weighted by molar-refractivity contribution is 5.80. The number of hydrogen-bond acceptors (Lipinski definition) is 4. The minimum absolute atomic E-state index is 0.0586. The van der Waals surface area contributed by atoms with Gasteiger partial charge in [-0.25, -0.2) is 4.68 Å². The van der Waals surface area contributed by atoms with Crippen LogP contribution in [0.2, 0.25) is 0 Å². The molecule has 96 valence electrons. The molecular weight excluding hydrogens is 236 g/mol. The Morgan fingerprint density at radius 1 is 1.39 bits per heavy atom. The smallest absolute Gasteiger partial charge is 0.308 e. The second-order valence-electron chi connectivity index (χ2n) is 4.88. The van der Waals surface area contributed by atoms with E-state index in [1.807, 2.05) is 0 Å². The van der Waals surface area contributed by atoms with E-state index in [9.17, 15) is 9.59 Å². The number of aliphatic carboxylic acids is 1. The van der Waals surface area contributed by atoms with Crippen molar-refractivity contribution in [3.05, 3.63) is 12.4 Å². The molecule has 7 nitrogen and oxygen atoms in total. The van der Waals surface area contributed by atoms with E-state index in [0.29, 0.717) is 6.42 Å². The van der Waals surface area contributed by atoms with Gasteiger partial charge in [0.1, 0.15) is 6.54 Å². The zero-order chi connectivity index (χ0) is 12.7. The topological polar surface area (TPSA) is 88.3 Å². The Kier molecular flexibility index (Phi) is 2.53. The highest BCUT2D eigenvalue weighted by Crippen LogP contribution is 2.41. The molecule has 3 heterocycles. The highest BCUT2D eigenvalue weighted by atomic mass is 16.4. The number of fused-ring (bicyclic) bond motifs is 2. The molecule has 1 amide bonds. The lowest BCUT2D eigenvalue weighted by Crippen LogP contribution is -2.39. The molecule has 2 saturated heterocycles. The summed E-state index contributed by atoms with van der Waals surface area (Å²) in [4.78, 5) is 25.0. The molecule has 2 aliphatic rings. The van der Waals surface area contributed by atoms with Gasteiger partial charge >= 0.3 is 5.97 Å². The van der Waals surface area contributed by atoms with Gasteiger partial charge in [0, 0.05) is 18.3 Å². The first-order chi connectivity index (χ1) is 8.66. The number of amides is 1. The second-order valence-corrected chi connectivity index (χ2v) is 4.88. The van der Waals surface area contributed by atoms with E-state index in [0.717, 1.165) is 12.8 Å². The molecule has 1 N–H and O–H groups in total. The number of rotatable bonds is 3. The molecule has 2 aliphatic heterocycles. The van der Waals surface area contributed by atoms with Crippen molar-refractivity contribution in [2.45, 2.75) is 37.9 Å². The van der Waals surface area contributed by atoms with Crippen LogP contribution in [0.3, 0.4) is 0 Å². The van der Waals surface area contributed by atoms with E-state index < -0.39 is 11.9 Å². The maximum absolute atomic E-state index is 12.2. The Balaban J connectivity index is 1.73. The lowest BCUT2D eigenvalue weighted by atomic mass is 9.89. The number of nitrogens with zero attached hydrogens (tertiary/aromatic N) is 4. The Bertz CT molecular complexity index is 473. The molecule has 1 aromatic heterocycles. The molecule has 3 unspecified atom stereocenters. The van der Waals surface area contributed by atoms with Gasteiger partial charge in [-0.05, 0) is 19.3 Å². The Labute approximate surface area is 103 Å². The largest absolute Gasteiger partial charge is 0.481 e. The number of carboxylic acids is 1. The van der Waals surface area contributed by atoms with Crippen molar-refractivity contribution in [3.63, 3.8) is 0 Å². The lowest BCUT2D eigenvalue weighted by molar-refractivity contribution is -0.143. The zero-order valence-electron chi connectivity index (χ0n) is 9.77. The first kappa shape index (κ1) is 11.2. The van der Waals surface area contributed by atoms with Gasteiger partial charge in [0.05, 0.1) is 12.1 Å². The van der Waals surface area contributed by atoms with Gasteiger partial charge in [-0.15, -0.1) is 5.10 Å². The van der Waals surface area contributed by atoms with Gasteiger partial charge in [-0.1, -0.05) is 5.21 Å². The highest BCUT2D eigenvalue weighted by Gasteiger charge is 2.51. The van der Waals surface area contributed by atoms with E-state index in [4.69, 9.17) is 5.11 Å². The van der Waals surface area contributed by atoms with Crippen molar-refractivity contribution < 1.29 is 14.7 Å². The van der Waals surface area contributed by atoms with Crippen LogP contribution in [0.25, 0.3) is 0 Å². The number of aromatic nitrogens is 3. The summed E-state index contributed by atoms with van der Waals surface area (Å²) in [5.74, 6) is -1.25. The Hall–Kier alpha value is -1.92. The van der Waals surface area contributed by atoms with Gasteiger partial charge in [0.25, 0.3) is 0 Å². The number of carbonyl (C=O) groups excluding carboxylic acids is 1. The van der Waals surface area contributed by atoms with E-state index in [-0.39, 0.29) is 24.5 Å². The molecule has 0 aromatic carbocycles. The summed E-state index contributed by atoms with van der Waals surface area (Å²) in [5.41, 5.74) is 0. The Morgan fingerprint density at radius 2 is 2.22 bits per heavy atom. The van der Waals surface area contributed by atoms with Crippen LogP contribution in [-0.2, 0) is 16.1 Å². The van der Waals surface area contributed by atoms with Crippen molar-refractivity contribution in [2.24, 2.45) is 5.92 Å². The normalized spacial score (nSPS) is 29.8. The summed E-state index contributed by atoms with van der Waals surface area (Å²) in [6.45, 7) is 0.138. The van der Waals surface area contributed by atoms with E-state index in [1.165, 1.54) is 10.9 Å². The molecule has 2 fully saturated rings. The van der Waals surface area contributed by atoms with Crippen molar-refractivity contribution >= 4 is 11.9 Å². The summed E-state index contributed by atoms with van der Waals surface area (Å²) in [5, 5.41) is 16.5. The standard InChI is InChI=1S/C11H14N4O3/c16-10(6-14-4-3-12-13-14)15-7-1-2-9(15)8(5-7)11(17)18/h3-4,7-9H,1-2,5-6H2,(H,17,18). The van der Waals surface area contributed by atoms with Crippen molar-refractivity contribution in [1.82, 2.24) is 19.9 Å². The molecule has 3 rings (SSSR count). The Morgan fingerprint density at radius 3 is 2.83 bits per heavy atom. The summed E-state index contributed by atoms with van der Waals surface area (Å²) < 4.78 is 1.47. The average Bonchev–Trinajstić information content (AvgIpc) is 3.02. The molecule has 0 spiro atoms. The fraction of sp³-hybridized carbons (Fsp3) is 0.636. The van der Waals surface area contributed by atoms with E-state index in [1.54, 1.807) is 11.1 Å². The first-order valence-electron chi connectivity index (χ1n) is 6.05. The maximum Gasteiger partial charge on any atom is 0.308 e. The summed E-state index contributed by atoms with van der Waals surface area (Å²) in [6.07, 6.45) is 5.45. The number of hydrogen-bond donors (Lipinski definition) is 1. The molecule has 2 bridgehead atoms. The van der Waals surface area contributed by atoms with Crippen LogP contribution in [0.15, 0.2) is 12.4 Å². The quantitative estimate of drug-likeness (QED) is 0.798. The third-order valence-corrected chi connectivity index (χ3v) is 3.91. The number of carboxylic acid groups (broad SMARTS) is 1. The molecule has 0 saturated carbocycles. The summed E-state index contributed by atoms with van der Waals surface area (Å²) in [7, 11) is 0. The van der Waals surface area contributed by atoms with E-state index in [2.05, 4.69) is 10.3 Å². The molecule has 7 heteroatoms. The summed E-state index contributed by atoms with van der Waals surface area (Å²) in [6, 6.07) is -0.0457. The van der Waals surface area contributed by atoms with Crippen LogP contribution in [0.4, 0.5) is 0 Å². The predicted octanol–water partition coefficient (Wildman–Crippen LogP) is -0.258. The fourth-order valence-corrected chi connectivity index (χ4v) is 3.18. The van der Waals surface area contributed by atoms with Crippen LogP contribution in [0.1, 0.15) is 19.3 Å². The fourth-order valence-electron chi connectivity index (χ4n) is 3.18. The van der Waals surface area contributed by atoms with Gasteiger partial charge in [0.15, 0.2) is 0 Å². The van der Waals surface area contributed by atoms with Crippen LogP contribution >= 0.6 is 0 Å². The lowest BCUT2D eigenvalue weighted by Gasteiger charge is -2.22. The molecule has 18 heavy (non-hydrogen) atoms. The van der Waals surface area contributed by atoms with Gasteiger partial charge in [-0.2, -0.15) is 0 Å². The molecule has 0 aliphatic carbocycles. The molecular formula is C11H14N4O3. The van der Waals surface area contributed by atoms with Crippen LogP contribution < -0.4 is 0 Å². The van der Waals surface area contributed by atoms with Gasteiger partial charge in [0.2, 0.25) is 5.91 Å². The van der Waals surface area contributed by atoms with Gasteiger partial charge in [-0.3, -0.25) is 9.59 Å². The van der Waals surface area contributed by atoms with Crippen molar-refractivity contribution in [1.29, 1.82) is 0 Å². The summed E-state index contributed by atoms with van der Waals surface area (Å²) >= 11 is 0. The zero-order valence-corrected chi connectivity index (χ0v) is 9.77. The van der Waals surface area contributed by atoms with Crippen LogP contribution in [-0.4, -0.2) is 49.0 Å². The van der Waals surface area contributed by atoms with E-state index >= 15 is 0 Å². The second kappa shape index (κ2) is 4.08. The molecule has 1 aromatic rings. The minimum atomic E-state index is -0.791. The third kappa shape index (κ3) is 1.66. The number of carbonyl (C=O) groups is 2. The first-order valence-corrected chi connectivity index (χ1v) is 6.05. The molecule has 0 radical (unpaired) electrons. The van der Waals surface area contributed by atoms with Crippen molar-refractivity contribution in [3.8, 4) is 0 Å². The third-order valence-electron chi connectivity index (χ3n) is 3.91.